The molecule has 2 N–H and O–H groups in total. The van der Waals surface area contributed by atoms with E-state index >= 15 is 0 Å². The Morgan fingerprint density at radius 3 is 2.88 bits per heavy atom. The van der Waals surface area contributed by atoms with Crippen LogP contribution in [-0.2, 0) is 0 Å². The predicted molar refractivity (Wildman–Crippen MR) is 99.1 cm³/mol. The molecule has 7 nitrogen and oxygen atoms in total. The van der Waals surface area contributed by atoms with Gasteiger partial charge in [-0.05, 0) is 37.1 Å². The van der Waals surface area contributed by atoms with Crippen molar-refractivity contribution in [2.75, 3.05) is 5.32 Å². The Bertz CT molecular complexity index is 1110. The number of hydrogen-bond acceptors (Lipinski definition) is 4. The molecule has 0 saturated heterocycles. The van der Waals surface area contributed by atoms with Gasteiger partial charge in [-0.1, -0.05) is 12.8 Å². The molecule has 1 saturated carbocycles. The molecular formula is C19H18N6O. The summed E-state index contributed by atoms with van der Waals surface area (Å²) in [5.74, 6) is -0.184. The van der Waals surface area contributed by atoms with Gasteiger partial charge in [0.05, 0.1) is 29.5 Å². The molecule has 0 aliphatic heterocycles. The van der Waals surface area contributed by atoms with Gasteiger partial charge in [0.2, 0.25) is 0 Å². The normalized spacial score (nSPS) is 15.1. The molecule has 1 aliphatic rings. The number of nitrogens with zero attached hydrogens (tertiary/aromatic N) is 4. The van der Waals surface area contributed by atoms with Crippen LogP contribution in [0, 0.1) is 0 Å². The number of aromatic nitrogens is 5. The summed E-state index contributed by atoms with van der Waals surface area (Å²) < 4.78 is 2.01. The number of aromatic amines is 1. The number of rotatable bonds is 3. The van der Waals surface area contributed by atoms with Gasteiger partial charge in [0.1, 0.15) is 0 Å². The van der Waals surface area contributed by atoms with Gasteiger partial charge in [-0.15, -0.1) is 0 Å². The van der Waals surface area contributed by atoms with Crippen LogP contribution in [0.25, 0.3) is 21.9 Å². The number of H-pyrrole nitrogens is 1. The fraction of sp³-hybridized carbons (Fsp3) is 0.263. The molecule has 1 amide bonds. The van der Waals surface area contributed by atoms with Crippen molar-refractivity contribution >= 4 is 33.5 Å². The zero-order valence-electron chi connectivity index (χ0n) is 14.1. The van der Waals surface area contributed by atoms with E-state index < -0.39 is 0 Å². The molecule has 4 aromatic rings. The fourth-order valence-electron chi connectivity index (χ4n) is 3.70. The van der Waals surface area contributed by atoms with Crippen LogP contribution < -0.4 is 5.32 Å². The molecule has 0 spiro atoms. The van der Waals surface area contributed by atoms with Crippen molar-refractivity contribution in [1.29, 1.82) is 0 Å². The lowest BCUT2D eigenvalue weighted by atomic mass is 10.2. The van der Waals surface area contributed by atoms with Gasteiger partial charge < -0.3 is 5.32 Å². The van der Waals surface area contributed by atoms with E-state index in [2.05, 4.69) is 25.6 Å². The third-order valence-electron chi connectivity index (χ3n) is 5.06. The Kier molecular flexibility index (Phi) is 3.44. The minimum Gasteiger partial charge on any atom is -0.322 e. The van der Waals surface area contributed by atoms with Crippen molar-refractivity contribution in [1.82, 2.24) is 25.0 Å². The van der Waals surface area contributed by atoms with Gasteiger partial charge in [-0.25, -0.2) is 9.67 Å². The van der Waals surface area contributed by atoms with Crippen LogP contribution in [0.2, 0.25) is 0 Å². The smallest absolute Gasteiger partial charge is 0.257 e. The Labute approximate surface area is 149 Å². The highest BCUT2D eigenvalue weighted by atomic mass is 16.1. The average molecular weight is 346 g/mol. The number of nitrogens with one attached hydrogen (secondary N) is 2. The largest absolute Gasteiger partial charge is 0.322 e. The summed E-state index contributed by atoms with van der Waals surface area (Å²) in [6.07, 6.45) is 9.95. The van der Waals surface area contributed by atoms with Gasteiger partial charge in [0.15, 0.2) is 5.65 Å². The highest BCUT2D eigenvalue weighted by molar-refractivity contribution is 6.06. The van der Waals surface area contributed by atoms with Crippen molar-refractivity contribution in [3.05, 3.63) is 48.4 Å². The number of carbonyl (C=O) groups excluding carboxylic acids is 1. The lowest BCUT2D eigenvalue weighted by Gasteiger charge is -2.10. The third-order valence-corrected chi connectivity index (χ3v) is 5.06. The van der Waals surface area contributed by atoms with E-state index in [4.69, 9.17) is 0 Å². The molecule has 0 atom stereocenters. The average Bonchev–Trinajstić information content (AvgIpc) is 3.40. The zero-order chi connectivity index (χ0) is 17.5. The SMILES string of the molecule is O=C(Nc1ccc2[nH]ncc2c1)c1cnc2c(cnn2C2CCCC2)c1. The summed E-state index contributed by atoms with van der Waals surface area (Å²) in [5.41, 5.74) is 3.04. The van der Waals surface area contributed by atoms with Gasteiger partial charge in [-0.3, -0.25) is 9.89 Å². The summed E-state index contributed by atoms with van der Waals surface area (Å²) in [6.45, 7) is 0. The minimum atomic E-state index is -0.184. The predicted octanol–water partition coefficient (Wildman–Crippen LogP) is 3.68. The molecule has 7 heteroatoms. The van der Waals surface area contributed by atoms with Crippen LogP contribution >= 0.6 is 0 Å². The summed E-state index contributed by atoms with van der Waals surface area (Å²) in [5, 5.41) is 16.2. The second-order valence-electron chi connectivity index (χ2n) is 6.79. The lowest BCUT2D eigenvalue weighted by Crippen LogP contribution is -2.12. The summed E-state index contributed by atoms with van der Waals surface area (Å²) in [6, 6.07) is 7.92. The number of amides is 1. The van der Waals surface area contributed by atoms with Crippen LogP contribution in [0.5, 0.6) is 0 Å². The van der Waals surface area contributed by atoms with Crippen molar-refractivity contribution in [2.45, 2.75) is 31.7 Å². The van der Waals surface area contributed by atoms with E-state index in [0.717, 1.165) is 40.5 Å². The highest BCUT2D eigenvalue weighted by Crippen LogP contribution is 2.31. The number of carbonyl (C=O) groups is 1. The Balaban J connectivity index is 1.41. The van der Waals surface area contributed by atoms with Crippen LogP contribution in [0.3, 0.4) is 0 Å². The second kappa shape index (κ2) is 5.94. The van der Waals surface area contributed by atoms with E-state index in [1.807, 2.05) is 28.9 Å². The monoisotopic (exact) mass is 346 g/mol. The maximum Gasteiger partial charge on any atom is 0.257 e. The molecule has 3 aromatic heterocycles. The molecule has 0 bridgehead atoms. The first-order valence-electron chi connectivity index (χ1n) is 8.86. The Morgan fingerprint density at radius 1 is 1.12 bits per heavy atom. The number of anilines is 1. The van der Waals surface area contributed by atoms with Crippen molar-refractivity contribution in [2.24, 2.45) is 0 Å². The molecule has 1 fully saturated rings. The Hall–Kier alpha value is -3.22. The van der Waals surface area contributed by atoms with Crippen molar-refractivity contribution in [3.8, 4) is 0 Å². The van der Waals surface area contributed by atoms with E-state index in [9.17, 15) is 4.79 Å². The second-order valence-corrected chi connectivity index (χ2v) is 6.79. The maximum atomic E-state index is 12.6. The quantitative estimate of drug-likeness (QED) is 0.592. The lowest BCUT2D eigenvalue weighted by molar-refractivity contribution is 0.102. The van der Waals surface area contributed by atoms with E-state index in [0.29, 0.717) is 11.6 Å². The number of fused-ring (bicyclic) bond motifs is 2. The molecule has 3 heterocycles. The van der Waals surface area contributed by atoms with E-state index in [-0.39, 0.29) is 5.91 Å². The fourth-order valence-corrected chi connectivity index (χ4v) is 3.70. The van der Waals surface area contributed by atoms with Crippen molar-refractivity contribution < 1.29 is 4.79 Å². The molecule has 130 valence electrons. The van der Waals surface area contributed by atoms with E-state index in [1.165, 1.54) is 12.8 Å². The summed E-state index contributed by atoms with van der Waals surface area (Å²) >= 11 is 0. The summed E-state index contributed by atoms with van der Waals surface area (Å²) in [7, 11) is 0. The first-order valence-corrected chi connectivity index (χ1v) is 8.86. The van der Waals surface area contributed by atoms with Crippen molar-refractivity contribution in [3.63, 3.8) is 0 Å². The molecule has 0 radical (unpaired) electrons. The van der Waals surface area contributed by atoms with Gasteiger partial charge in [-0.2, -0.15) is 10.2 Å². The first-order chi connectivity index (χ1) is 12.8. The highest BCUT2D eigenvalue weighted by Gasteiger charge is 2.20. The van der Waals surface area contributed by atoms with Crippen LogP contribution in [0.1, 0.15) is 42.1 Å². The molecule has 1 aromatic carbocycles. The van der Waals surface area contributed by atoms with Crippen LogP contribution in [0.4, 0.5) is 5.69 Å². The van der Waals surface area contributed by atoms with Gasteiger partial charge in [0.25, 0.3) is 5.91 Å². The molecule has 5 rings (SSSR count). The van der Waals surface area contributed by atoms with Gasteiger partial charge >= 0.3 is 0 Å². The van der Waals surface area contributed by atoms with E-state index in [1.54, 1.807) is 18.6 Å². The first kappa shape index (κ1) is 15.1. The maximum absolute atomic E-state index is 12.6. The van der Waals surface area contributed by atoms with Gasteiger partial charge in [0, 0.05) is 22.7 Å². The minimum absolute atomic E-state index is 0.184. The number of benzene rings is 1. The summed E-state index contributed by atoms with van der Waals surface area (Å²) in [4.78, 5) is 17.1. The molecule has 26 heavy (non-hydrogen) atoms. The van der Waals surface area contributed by atoms with Crippen LogP contribution in [0.15, 0.2) is 42.9 Å². The number of pyridine rings is 1. The van der Waals surface area contributed by atoms with Crippen LogP contribution in [-0.4, -0.2) is 30.9 Å². The standard InChI is InChI=1S/C19H18N6O/c26-19(23-15-5-6-17-12(8-15)10-21-24-17)14-7-13-11-22-25(18(13)20-9-14)16-3-1-2-4-16/h5-11,16H,1-4H2,(H,21,24)(H,23,26). The molecular weight excluding hydrogens is 328 g/mol. The molecule has 1 aliphatic carbocycles. The Morgan fingerprint density at radius 2 is 2.00 bits per heavy atom. The third kappa shape index (κ3) is 2.52. The number of hydrogen-bond donors (Lipinski definition) is 2. The topological polar surface area (TPSA) is 88.5 Å². The zero-order valence-corrected chi connectivity index (χ0v) is 14.1. The molecule has 0 unspecified atom stereocenters.